The van der Waals surface area contributed by atoms with Gasteiger partial charge in [-0.2, -0.15) is 0 Å². The Morgan fingerprint density at radius 1 is 0.854 bits per heavy atom. The summed E-state index contributed by atoms with van der Waals surface area (Å²) < 4.78 is 12.3. The van der Waals surface area contributed by atoms with Crippen LogP contribution in [0.5, 0.6) is 11.6 Å². The maximum Gasteiger partial charge on any atom is 0.217 e. The number of pyridine rings is 1. The fourth-order valence-electron chi connectivity index (χ4n) is 5.78. The molecule has 212 valence electrons. The Bertz CT molecular complexity index is 1640. The zero-order valence-electron chi connectivity index (χ0n) is 24.1. The number of unbranched alkanes of at least 4 members (excludes halogenated alkanes) is 1. The number of hydrogen-bond donors (Lipinski definition) is 1. The number of ether oxygens (including phenoxy) is 2. The van der Waals surface area contributed by atoms with Crippen LogP contribution < -0.4 is 9.47 Å². The summed E-state index contributed by atoms with van der Waals surface area (Å²) in [6.45, 7) is 0.956. The molecule has 6 heteroatoms. The van der Waals surface area contributed by atoms with Crippen LogP contribution in [0.3, 0.4) is 0 Å². The lowest BCUT2D eigenvalue weighted by molar-refractivity contribution is 0.00690. The predicted molar refractivity (Wildman–Crippen MR) is 171 cm³/mol. The van der Waals surface area contributed by atoms with Crippen LogP contribution in [-0.2, 0) is 5.60 Å². The molecule has 5 nitrogen and oxygen atoms in total. The molecule has 0 aliphatic carbocycles. The van der Waals surface area contributed by atoms with E-state index in [1.165, 1.54) is 0 Å². The summed E-state index contributed by atoms with van der Waals surface area (Å²) in [6.07, 6.45) is 2.39. The molecule has 0 aliphatic rings. The number of methoxy groups -OCH3 is 2. The molecule has 0 saturated carbocycles. The molecule has 0 aliphatic heterocycles. The maximum atomic E-state index is 13.1. The SMILES string of the molecule is COc1ccc2cc(C(O)(CCCCN(C)C)C(c3ccccc3)c3cc4c(Br)cccc4nc3OC)ccc2c1. The highest BCUT2D eigenvalue weighted by Gasteiger charge is 2.42. The lowest BCUT2D eigenvalue weighted by Gasteiger charge is -2.38. The van der Waals surface area contributed by atoms with Crippen LogP contribution in [-0.4, -0.2) is 49.9 Å². The van der Waals surface area contributed by atoms with E-state index in [-0.39, 0.29) is 0 Å². The molecule has 0 radical (unpaired) electrons. The highest BCUT2D eigenvalue weighted by molar-refractivity contribution is 9.10. The molecule has 0 spiro atoms. The van der Waals surface area contributed by atoms with Gasteiger partial charge in [-0.15, -0.1) is 0 Å². The largest absolute Gasteiger partial charge is 0.497 e. The summed E-state index contributed by atoms with van der Waals surface area (Å²) in [5.41, 5.74) is 2.31. The van der Waals surface area contributed by atoms with Crippen LogP contribution in [0.15, 0.2) is 95.5 Å². The average molecular weight is 614 g/mol. The van der Waals surface area contributed by atoms with E-state index in [1.807, 2.05) is 48.5 Å². The van der Waals surface area contributed by atoms with E-state index in [2.05, 4.69) is 77.4 Å². The number of aromatic nitrogens is 1. The topological polar surface area (TPSA) is 54.8 Å². The molecule has 2 atom stereocenters. The summed E-state index contributed by atoms with van der Waals surface area (Å²) >= 11 is 3.72. The van der Waals surface area contributed by atoms with E-state index in [1.54, 1.807) is 14.2 Å². The van der Waals surface area contributed by atoms with Gasteiger partial charge in [0.1, 0.15) is 11.4 Å². The Hall–Kier alpha value is -3.45. The van der Waals surface area contributed by atoms with Crippen molar-refractivity contribution in [1.29, 1.82) is 0 Å². The smallest absolute Gasteiger partial charge is 0.217 e. The predicted octanol–water partition coefficient (Wildman–Crippen LogP) is 7.92. The first-order chi connectivity index (χ1) is 19.8. The minimum atomic E-state index is -1.24. The molecular formula is C35H37BrN2O3. The Morgan fingerprint density at radius 3 is 2.34 bits per heavy atom. The standard InChI is InChI=1S/C35H37BrN2O3/c1-38(2)20-9-8-19-35(39,27-17-15-26-22-28(40-3)18-16-25(26)21-27)33(24-11-6-5-7-12-24)30-23-29-31(36)13-10-14-32(29)37-34(30)41-4/h5-7,10-18,21-23,33,39H,8-9,19-20H2,1-4H3. The number of hydrogen-bond acceptors (Lipinski definition) is 5. The number of rotatable bonds is 11. The zero-order chi connectivity index (χ0) is 29.0. The summed E-state index contributed by atoms with van der Waals surface area (Å²) in [5, 5.41) is 16.2. The second kappa shape index (κ2) is 12.6. The van der Waals surface area contributed by atoms with E-state index in [9.17, 15) is 5.11 Å². The molecule has 2 unspecified atom stereocenters. The van der Waals surface area contributed by atoms with Crippen LogP contribution in [0.2, 0.25) is 0 Å². The molecular weight excluding hydrogens is 576 g/mol. The zero-order valence-corrected chi connectivity index (χ0v) is 25.7. The molecule has 4 aromatic carbocycles. The van der Waals surface area contributed by atoms with Gasteiger partial charge in [0.05, 0.1) is 19.7 Å². The van der Waals surface area contributed by atoms with Gasteiger partial charge in [0, 0.05) is 21.3 Å². The first kappa shape index (κ1) is 29.1. The summed E-state index contributed by atoms with van der Waals surface area (Å²) in [6, 6.07) is 30.6. The fourth-order valence-corrected chi connectivity index (χ4v) is 6.25. The lowest BCUT2D eigenvalue weighted by atomic mass is 9.71. The highest BCUT2D eigenvalue weighted by atomic mass is 79.9. The minimum Gasteiger partial charge on any atom is -0.497 e. The Kier molecular flexibility index (Phi) is 8.93. The van der Waals surface area contributed by atoms with Crippen molar-refractivity contribution in [3.05, 3.63) is 112 Å². The molecule has 0 bridgehead atoms. The number of aliphatic hydroxyl groups is 1. The Balaban J connectivity index is 1.74. The lowest BCUT2D eigenvalue weighted by Crippen LogP contribution is -2.35. The molecule has 0 amide bonds. The third kappa shape index (κ3) is 6.10. The van der Waals surface area contributed by atoms with Crippen molar-refractivity contribution in [1.82, 2.24) is 9.88 Å². The van der Waals surface area contributed by atoms with Crippen molar-refractivity contribution >= 4 is 37.6 Å². The van der Waals surface area contributed by atoms with E-state index in [0.717, 1.165) is 68.0 Å². The number of fused-ring (bicyclic) bond motifs is 2. The summed E-state index contributed by atoms with van der Waals surface area (Å²) in [4.78, 5) is 7.10. The van der Waals surface area contributed by atoms with Gasteiger partial charge in [-0.25, -0.2) is 4.98 Å². The average Bonchev–Trinajstić information content (AvgIpc) is 2.99. The summed E-state index contributed by atoms with van der Waals surface area (Å²) in [5.74, 6) is 0.892. The molecule has 1 aromatic heterocycles. The van der Waals surface area contributed by atoms with Crippen molar-refractivity contribution in [3.63, 3.8) is 0 Å². The van der Waals surface area contributed by atoms with Gasteiger partial charge in [-0.05, 0) is 98.2 Å². The monoisotopic (exact) mass is 612 g/mol. The van der Waals surface area contributed by atoms with Gasteiger partial charge < -0.3 is 19.5 Å². The van der Waals surface area contributed by atoms with Gasteiger partial charge >= 0.3 is 0 Å². The van der Waals surface area contributed by atoms with Crippen LogP contribution in [0.4, 0.5) is 0 Å². The van der Waals surface area contributed by atoms with Crippen LogP contribution in [0, 0.1) is 0 Å². The van der Waals surface area contributed by atoms with Crippen molar-refractivity contribution in [2.45, 2.75) is 30.8 Å². The molecule has 41 heavy (non-hydrogen) atoms. The third-order valence-corrected chi connectivity index (χ3v) is 8.57. The van der Waals surface area contributed by atoms with Crippen molar-refractivity contribution in [2.24, 2.45) is 0 Å². The maximum absolute atomic E-state index is 13.1. The van der Waals surface area contributed by atoms with Gasteiger partial charge in [0.25, 0.3) is 0 Å². The van der Waals surface area contributed by atoms with Crippen LogP contribution in [0.25, 0.3) is 21.7 Å². The molecule has 1 N–H and O–H groups in total. The summed E-state index contributed by atoms with van der Waals surface area (Å²) in [7, 11) is 7.49. The number of nitrogens with zero attached hydrogens (tertiary/aromatic N) is 2. The Labute approximate surface area is 250 Å². The van der Waals surface area contributed by atoms with E-state index in [0.29, 0.717) is 12.3 Å². The van der Waals surface area contributed by atoms with Gasteiger partial charge in [0.2, 0.25) is 5.88 Å². The molecule has 0 saturated heterocycles. The fraction of sp³-hybridized carbons (Fsp3) is 0.286. The second-order valence-electron chi connectivity index (χ2n) is 10.8. The third-order valence-electron chi connectivity index (χ3n) is 7.87. The van der Waals surface area contributed by atoms with Gasteiger partial charge in [0.15, 0.2) is 0 Å². The highest BCUT2D eigenvalue weighted by Crippen LogP contribution is 2.49. The quantitative estimate of drug-likeness (QED) is 0.154. The van der Waals surface area contributed by atoms with Gasteiger partial charge in [-0.3, -0.25) is 0 Å². The van der Waals surface area contributed by atoms with Gasteiger partial charge in [-0.1, -0.05) is 70.5 Å². The first-order valence-corrected chi connectivity index (χ1v) is 14.8. The Morgan fingerprint density at radius 2 is 1.61 bits per heavy atom. The molecule has 5 rings (SSSR count). The number of halogens is 1. The second-order valence-corrected chi connectivity index (χ2v) is 11.7. The van der Waals surface area contributed by atoms with Crippen LogP contribution >= 0.6 is 15.9 Å². The van der Waals surface area contributed by atoms with Crippen molar-refractivity contribution < 1.29 is 14.6 Å². The molecule has 0 fully saturated rings. The van der Waals surface area contributed by atoms with E-state index < -0.39 is 11.5 Å². The minimum absolute atomic E-state index is 0.433. The molecule has 1 heterocycles. The first-order valence-electron chi connectivity index (χ1n) is 14.0. The van der Waals surface area contributed by atoms with Crippen LogP contribution in [0.1, 0.15) is 41.9 Å². The number of benzene rings is 4. The van der Waals surface area contributed by atoms with E-state index >= 15 is 0 Å². The normalized spacial score (nSPS) is 13.8. The van der Waals surface area contributed by atoms with Crippen molar-refractivity contribution in [3.8, 4) is 11.6 Å². The molecule has 5 aromatic rings. The van der Waals surface area contributed by atoms with E-state index in [4.69, 9.17) is 14.5 Å². The van der Waals surface area contributed by atoms with Crippen molar-refractivity contribution in [2.75, 3.05) is 34.9 Å².